The first-order valence-corrected chi connectivity index (χ1v) is 18.4. The number of rotatable bonds is 15. The zero-order chi connectivity index (χ0) is 39.8. The second-order valence-corrected chi connectivity index (χ2v) is 13.6. The van der Waals surface area contributed by atoms with Gasteiger partial charge in [0.1, 0.15) is 19.3 Å². The van der Waals surface area contributed by atoms with Crippen molar-refractivity contribution in [3.63, 3.8) is 0 Å². The number of aliphatic imine (C=N–C) groups is 1. The summed E-state index contributed by atoms with van der Waals surface area (Å²) < 4.78 is 10.7. The van der Waals surface area contributed by atoms with Crippen LogP contribution in [0.3, 0.4) is 0 Å². The number of nitrogens with two attached hydrogens (primary N) is 1. The third-order valence-electron chi connectivity index (χ3n) is 9.24. The van der Waals surface area contributed by atoms with Gasteiger partial charge in [0.2, 0.25) is 17.8 Å². The molecule has 56 heavy (non-hydrogen) atoms. The highest BCUT2D eigenvalue weighted by Gasteiger charge is 2.43. The number of primary amides is 1. The number of ether oxygens (including phenoxy) is 2. The van der Waals surface area contributed by atoms with Gasteiger partial charge in [0.15, 0.2) is 0 Å². The monoisotopic (exact) mass is 753 g/mol. The molecule has 0 spiro atoms. The van der Waals surface area contributed by atoms with Gasteiger partial charge >= 0.3 is 12.2 Å². The first-order valence-electron chi connectivity index (χ1n) is 18.4. The fourth-order valence-corrected chi connectivity index (χ4v) is 6.41. The second-order valence-electron chi connectivity index (χ2n) is 13.6. The Bertz CT molecular complexity index is 1950. The Balaban J connectivity index is 1.38. The summed E-state index contributed by atoms with van der Waals surface area (Å²) in [6.45, 7) is 3.82. The summed E-state index contributed by atoms with van der Waals surface area (Å²) in [4.78, 5) is 60.2. The van der Waals surface area contributed by atoms with Crippen LogP contribution in [0.2, 0.25) is 0 Å². The number of guanidine groups is 1. The lowest BCUT2D eigenvalue weighted by molar-refractivity contribution is -0.147. The Morgan fingerprint density at radius 1 is 0.643 bits per heavy atom. The van der Waals surface area contributed by atoms with Gasteiger partial charge < -0.3 is 20.1 Å². The molecular weight excluding hydrogens is 707 g/mol. The highest BCUT2D eigenvalue weighted by molar-refractivity contribution is 6.01. The fraction of sp³-hybridized carbons (Fsp3) is 0.222. The van der Waals surface area contributed by atoms with Crippen LogP contribution in [0.5, 0.6) is 0 Å². The van der Waals surface area contributed by atoms with Gasteiger partial charge in [0.25, 0.3) is 0 Å². The molecule has 5 rings (SSSR count). The smallest absolute Gasteiger partial charge is 0.414 e. The molecule has 0 saturated carbocycles. The summed E-state index contributed by atoms with van der Waals surface area (Å²) in [7, 11) is 0. The maximum absolute atomic E-state index is 15.1. The number of carbonyl (C=O) groups is 4. The van der Waals surface area contributed by atoms with Crippen LogP contribution in [0.15, 0.2) is 157 Å². The second kappa shape index (κ2) is 20.1. The molecule has 0 radical (unpaired) electrons. The Morgan fingerprint density at radius 3 is 1.48 bits per heavy atom. The van der Waals surface area contributed by atoms with Crippen molar-refractivity contribution in [1.82, 2.24) is 15.5 Å². The van der Waals surface area contributed by atoms with Crippen LogP contribution in [-0.4, -0.2) is 47.4 Å². The SMILES string of the molecule is CC(C)(c1ccccc1)N(C(=O)C(c1ccccc1)c1ccccc1)[C@H](CCCN=C(NC(=O)OCc1ccccc1)NC(=O)OCc1ccccc1)C(N)=O. The molecule has 5 aromatic rings. The normalized spacial score (nSPS) is 11.5. The molecule has 0 saturated heterocycles. The van der Waals surface area contributed by atoms with E-state index in [0.717, 1.165) is 27.8 Å². The summed E-state index contributed by atoms with van der Waals surface area (Å²) in [6, 6.07) is 45.6. The van der Waals surface area contributed by atoms with Gasteiger partial charge in [-0.2, -0.15) is 0 Å². The van der Waals surface area contributed by atoms with Crippen molar-refractivity contribution in [2.75, 3.05) is 6.54 Å². The molecule has 0 unspecified atom stereocenters. The number of hydrogen-bond donors (Lipinski definition) is 3. The van der Waals surface area contributed by atoms with Crippen molar-refractivity contribution in [1.29, 1.82) is 0 Å². The lowest BCUT2D eigenvalue weighted by Gasteiger charge is -2.45. The summed E-state index contributed by atoms with van der Waals surface area (Å²) in [5.74, 6) is -1.92. The van der Waals surface area contributed by atoms with Crippen molar-refractivity contribution < 1.29 is 28.7 Å². The zero-order valence-corrected chi connectivity index (χ0v) is 31.5. The number of carbonyl (C=O) groups excluding carboxylic acids is 4. The van der Waals surface area contributed by atoms with Crippen LogP contribution >= 0.6 is 0 Å². The maximum Gasteiger partial charge on any atom is 0.414 e. The van der Waals surface area contributed by atoms with E-state index in [1.807, 2.05) is 166 Å². The van der Waals surface area contributed by atoms with E-state index in [9.17, 15) is 14.4 Å². The predicted octanol–water partition coefficient (Wildman–Crippen LogP) is 7.43. The number of nitrogens with one attached hydrogen (secondary N) is 2. The van der Waals surface area contributed by atoms with Gasteiger partial charge in [-0.1, -0.05) is 152 Å². The summed E-state index contributed by atoms with van der Waals surface area (Å²) in [6.07, 6.45) is -1.32. The fourth-order valence-electron chi connectivity index (χ4n) is 6.41. The quantitative estimate of drug-likeness (QED) is 0.0575. The maximum atomic E-state index is 15.1. The number of amides is 4. The zero-order valence-electron chi connectivity index (χ0n) is 31.5. The minimum absolute atomic E-state index is 0.00722. The Labute approximate surface area is 327 Å². The van der Waals surface area contributed by atoms with Crippen LogP contribution in [-0.2, 0) is 37.8 Å². The van der Waals surface area contributed by atoms with E-state index in [1.54, 1.807) is 4.90 Å². The molecular formula is C45H47N5O6. The first kappa shape index (κ1) is 40.4. The highest BCUT2D eigenvalue weighted by Crippen LogP contribution is 2.37. The molecule has 11 heteroatoms. The molecule has 0 heterocycles. The van der Waals surface area contributed by atoms with E-state index in [4.69, 9.17) is 15.2 Å². The van der Waals surface area contributed by atoms with Crippen molar-refractivity contribution in [3.05, 3.63) is 179 Å². The summed E-state index contributed by atoms with van der Waals surface area (Å²) in [5.41, 5.74) is 9.06. The van der Waals surface area contributed by atoms with Crippen molar-refractivity contribution >= 4 is 30.0 Å². The van der Waals surface area contributed by atoms with Gasteiger partial charge in [-0.3, -0.25) is 25.2 Å². The molecule has 4 amide bonds. The minimum Gasteiger partial charge on any atom is -0.444 e. The molecule has 0 fully saturated rings. The van der Waals surface area contributed by atoms with Crippen LogP contribution in [0.25, 0.3) is 0 Å². The minimum atomic E-state index is -1.06. The van der Waals surface area contributed by atoms with Gasteiger partial charge in [0, 0.05) is 6.54 Å². The van der Waals surface area contributed by atoms with Crippen molar-refractivity contribution in [2.24, 2.45) is 10.7 Å². The van der Waals surface area contributed by atoms with Crippen LogP contribution in [0, 0.1) is 0 Å². The van der Waals surface area contributed by atoms with E-state index in [0.29, 0.717) is 0 Å². The van der Waals surface area contributed by atoms with Gasteiger partial charge in [-0.25, -0.2) is 9.59 Å². The first-order chi connectivity index (χ1) is 27.1. The Hall–Kier alpha value is -6.75. The van der Waals surface area contributed by atoms with Crippen LogP contribution in [0.1, 0.15) is 60.4 Å². The van der Waals surface area contributed by atoms with Crippen molar-refractivity contribution in [3.8, 4) is 0 Å². The van der Waals surface area contributed by atoms with Crippen LogP contribution in [0.4, 0.5) is 9.59 Å². The molecule has 0 aromatic heterocycles. The molecule has 11 nitrogen and oxygen atoms in total. The standard InChI is InChI=1S/C45H47N5O6/c1-45(2,37-27-16-7-17-28-37)50(41(52)39(35-23-12-5-13-24-35)36-25-14-6-15-26-36)38(40(46)51)29-18-30-47-42(48-43(53)55-31-33-19-8-3-9-20-33)49-44(54)56-32-34-21-10-4-11-22-34/h3-17,19-28,38-39H,18,29-32H2,1-2H3,(H2,46,51)(H2,47,48,49,53,54)/t38-/m1/s1. The van der Waals surface area contributed by atoms with E-state index >= 15 is 4.79 Å². The number of nitrogens with zero attached hydrogens (tertiary/aromatic N) is 2. The molecule has 4 N–H and O–H groups in total. The highest BCUT2D eigenvalue weighted by atomic mass is 16.6. The molecule has 0 bridgehead atoms. The van der Waals surface area contributed by atoms with E-state index in [1.165, 1.54) is 0 Å². The van der Waals surface area contributed by atoms with Gasteiger partial charge in [0.05, 0.1) is 11.5 Å². The number of alkyl carbamates (subject to hydrolysis) is 2. The molecule has 1 atom stereocenters. The third kappa shape index (κ3) is 11.4. The Kier molecular flexibility index (Phi) is 14.5. The van der Waals surface area contributed by atoms with E-state index < -0.39 is 35.6 Å². The van der Waals surface area contributed by atoms with Crippen LogP contribution < -0.4 is 16.4 Å². The largest absolute Gasteiger partial charge is 0.444 e. The molecule has 0 aliphatic heterocycles. The third-order valence-corrected chi connectivity index (χ3v) is 9.24. The summed E-state index contributed by atoms with van der Waals surface area (Å²) >= 11 is 0. The topological polar surface area (TPSA) is 152 Å². The lowest BCUT2D eigenvalue weighted by Crippen LogP contribution is -2.57. The average molecular weight is 754 g/mol. The van der Waals surface area contributed by atoms with Crippen molar-refractivity contribution in [2.45, 2.75) is 57.4 Å². The molecule has 5 aromatic carbocycles. The van der Waals surface area contributed by atoms with E-state index in [-0.39, 0.29) is 44.5 Å². The molecule has 288 valence electrons. The van der Waals surface area contributed by atoms with Gasteiger partial charge in [-0.05, 0) is 54.5 Å². The van der Waals surface area contributed by atoms with E-state index in [2.05, 4.69) is 15.6 Å². The molecule has 0 aliphatic rings. The summed E-state index contributed by atoms with van der Waals surface area (Å²) in [5, 5.41) is 4.97. The predicted molar refractivity (Wildman–Crippen MR) is 215 cm³/mol. The average Bonchev–Trinajstić information content (AvgIpc) is 3.22. The lowest BCUT2D eigenvalue weighted by atomic mass is 9.84. The van der Waals surface area contributed by atoms with Gasteiger partial charge in [-0.15, -0.1) is 0 Å². The Morgan fingerprint density at radius 2 is 1.05 bits per heavy atom. The number of benzene rings is 5. The number of hydrogen-bond acceptors (Lipinski definition) is 7. The molecule has 0 aliphatic carbocycles.